The van der Waals surface area contributed by atoms with Gasteiger partial charge in [0.2, 0.25) is 0 Å². The van der Waals surface area contributed by atoms with E-state index in [0.717, 1.165) is 16.7 Å². The van der Waals surface area contributed by atoms with Gasteiger partial charge in [0.05, 0.1) is 0 Å². The number of benzene rings is 7. The molecule has 0 bridgehead atoms. The predicted octanol–water partition coefficient (Wildman–Crippen LogP) is 12.9. The Hall–Kier alpha value is -6.01. The van der Waals surface area contributed by atoms with Crippen molar-refractivity contribution in [2.75, 3.05) is 0 Å². The smallest absolute Gasteiger partial charge is 0.164 e. The standard InChI is InChI=1S/C45H27N3S2/c1-4-13-28(14-5-1)37-25-32(26-38-34-19-10-11-22-39(34)49-42(37)38)33-20-12-21-36-35-24-23-31(27-40(35)50-41(33)36)45-47-43(29-15-6-2-7-16-29)46-44(48-45)30-17-8-3-9-18-30/h1-27H. The van der Waals surface area contributed by atoms with E-state index in [1.807, 2.05) is 83.3 Å². The first-order valence-electron chi connectivity index (χ1n) is 16.6. The van der Waals surface area contributed by atoms with Gasteiger partial charge >= 0.3 is 0 Å². The van der Waals surface area contributed by atoms with Crippen molar-refractivity contribution in [3.63, 3.8) is 0 Å². The lowest BCUT2D eigenvalue weighted by molar-refractivity contribution is 1.07. The molecule has 10 rings (SSSR count). The molecule has 0 saturated carbocycles. The van der Waals surface area contributed by atoms with Crippen LogP contribution < -0.4 is 0 Å². The van der Waals surface area contributed by atoms with Crippen molar-refractivity contribution >= 4 is 63.0 Å². The van der Waals surface area contributed by atoms with Crippen LogP contribution in [0.4, 0.5) is 0 Å². The molecule has 0 aliphatic carbocycles. The number of thiophene rings is 2. The second kappa shape index (κ2) is 11.8. The Kier molecular flexibility index (Phi) is 6.86. The van der Waals surface area contributed by atoms with Crippen LogP contribution in [0.3, 0.4) is 0 Å². The molecule has 7 aromatic carbocycles. The van der Waals surface area contributed by atoms with Gasteiger partial charge in [0.1, 0.15) is 0 Å². The van der Waals surface area contributed by atoms with Crippen molar-refractivity contribution in [2.24, 2.45) is 0 Å². The highest BCUT2D eigenvalue weighted by molar-refractivity contribution is 7.26. The largest absolute Gasteiger partial charge is 0.208 e. The van der Waals surface area contributed by atoms with Crippen molar-refractivity contribution in [3.8, 4) is 56.4 Å². The van der Waals surface area contributed by atoms with Gasteiger partial charge in [-0.05, 0) is 41.0 Å². The summed E-state index contributed by atoms with van der Waals surface area (Å²) in [6.07, 6.45) is 0. The number of rotatable bonds is 5. The minimum Gasteiger partial charge on any atom is -0.208 e. The highest BCUT2D eigenvalue weighted by atomic mass is 32.1. The van der Waals surface area contributed by atoms with E-state index in [2.05, 4.69) is 103 Å². The Labute approximate surface area is 296 Å². The molecular weight excluding hydrogens is 647 g/mol. The molecule has 0 saturated heterocycles. The zero-order chi connectivity index (χ0) is 33.0. The summed E-state index contributed by atoms with van der Waals surface area (Å²) in [6.45, 7) is 0. The van der Waals surface area contributed by atoms with E-state index in [1.54, 1.807) is 0 Å². The number of aromatic nitrogens is 3. The third-order valence-corrected chi connectivity index (χ3v) is 11.8. The van der Waals surface area contributed by atoms with Gasteiger partial charge < -0.3 is 0 Å². The molecule has 0 aliphatic rings. The van der Waals surface area contributed by atoms with Crippen LogP contribution in [0.1, 0.15) is 0 Å². The van der Waals surface area contributed by atoms with E-state index in [4.69, 9.17) is 15.0 Å². The van der Waals surface area contributed by atoms with Crippen LogP contribution in [-0.2, 0) is 0 Å². The van der Waals surface area contributed by atoms with Crippen LogP contribution in [0.25, 0.3) is 96.8 Å². The monoisotopic (exact) mass is 673 g/mol. The maximum absolute atomic E-state index is 5.00. The Morgan fingerprint density at radius 2 is 0.840 bits per heavy atom. The Morgan fingerprint density at radius 1 is 0.300 bits per heavy atom. The minimum atomic E-state index is 0.666. The minimum absolute atomic E-state index is 0.666. The lowest BCUT2D eigenvalue weighted by Crippen LogP contribution is -1.99. The number of hydrogen-bond acceptors (Lipinski definition) is 5. The number of nitrogens with zero attached hydrogens (tertiary/aromatic N) is 3. The van der Waals surface area contributed by atoms with E-state index in [0.29, 0.717) is 17.5 Å². The quantitative estimate of drug-likeness (QED) is 0.182. The van der Waals surface area contributed by atoms with Gasteiger partial charge in [-0.1, -0.05) is 140 Å². The fourth-order valence-electron chi connectivity index (χ4n) is 6.92. The molecule has 50 heavy (non-hydrogen) atoms. The average molecular weight is 674 g/mol. The molecule has 0 radical (unpaired) electrons. The van der Waals surface area contributed by atoms with Crippen molar-refractivity contribution in [2.45, 2.75) is 0 Å². The first kappa shape index (κ1) is 29.0. The summed E-state index contributed by atoms with van der Waals surface area (Å²) >= 11 is 3.72. The van der Waals surface area contributed by atoms with Crippen LogP contribution in [0.2, 0.25) is 0 Å². The van der Waals surface area contributed by atoms with E-state index in [1.165, 1.54) is 62.6 Å². The van der Waals surface area contributed by atoms with E-state index in [-0.39, 0.29) is 0 Å². The molecule has 0 amide bonds. The van der Waals surface area contributed by atoms with E-state index < -0.39 is 0 Å². The van der Waals surface area contributed by atoms with Gasteiger partial charge in [0.25, 0.3) is 0 Å². The van der Waals surface area contributed by atoms with Gasteiger partial charge in [-0.15, -0.1) is 22.7 Å². The number of hydrogen-bond donors (Lipinski definition) is 0. The first-order chi connectivity index (χ1) is 24.8. The molecule has 3 nitrogen and oxygen atoms in total. The fraction of sp³-hybridized carbons (Fsp3) is 0. The maximum Gasteiger partial charge on any atom is 0.164 e. The zero-order valence-electron chi connectivity index (χ0n) is 26.7. The molecule has 0 fully saturated rings. The van der Waals surface area contributed by atoms with Gasteiger partial charge in [-0.3, -0.25) is 0 Å². The molecule has 234 valence electrons. The second-order valence-electron chi connectivity index (χ2n) is 12.4. The van der Waals surface area contributed by atoms with Crippen molar-refractivity contribution < 1.29 is 0 Å². The van der Waals surface area contributed by atoms with Gasteiger partial charge in [0, 0.05) is 62.6 Å². The molecule has 3 heterocycles. The Balaban J connectivity index is 1.15. The molecule has 0 N–H and O–H groups in total. The second-order valence-corrected chi connectivity index (χ2v) is 14.5. The number of fused-ring (bicyclic) bond motifs is 6. The summed E-state index contributed by atoms with van der Waals surface area (Å²) in [6, 6.07) is 57.9. The van der Waals surface area contributed by atoms with E-state index >= 15 is 0 Å². The van der Waals surface area contributed by atoms with Crippen molar-refractivity contribution in [3.05, 3.63) is 164 Å². The zero-order valence-corrected chi connectivity index (χ0v) is 28.4. The summed E-state index contributed by atoms with van der Waals surface area (Å²) in [5.41, 5.74) is 7.89. The Bertz CT molecular complexity index is 2800. The maximum atomic E-state index is 5.00. The van der Waals surface area contributed by atoms with Crippen molar-refractivity contribution in [1.82, 2.24) is 15.0 Å². The topological polar surface area (TPSA) is 38.7 Å². The molecular formula is C45H27N3S2. The first-order valence-corrected chi connectivity index (χ1v) is 18.2. The fourth-order valence-corrected chi connectivity index (χ4v) is 9.41. The SMILES string of the molecule is c1ccc(-c2nc(-c3ccccc3)nc(-c3ccc4c(c3)sc3c(-c5cc(-c6ccccc6)c6sc7ccccc7c6c5)cccc34)n2)cc1. The van der Waals surface area contributed by atoms with Crippen LogP contribution in [0.5, 0.6) is 0 Å². The van der Waals surface area contributed by atoms with Gasteiger partial charge in [0.15, 0.2) is 17.5 Å². The highest BCUT2D eigenvalue weighted by Gasteiger charge is 2.18. The Morgan fingerprint density at radius 3 is 1.54 bits per heavy atom. The predicted molar refractivity (Wildman–Crippen MR) is 213 cm³/mol. The summed E-state index contributed by atoms with van der Waals surface area (Å²) in [4.78, 5) is 14.9. The average Bonchev–Trinajstić information content (AvgIpc) is 3.76. The summed E-state index contributed by atoms with van der Waals surface area (Å²) < 4.78 is 5.13. The van der Waals surface area contributed by atoms with Gasteiger partial charge in [-0.2, -0.15) is 0 Å². The van der Waals surface area contributed by atoms with Gasteiger partial charge in [-0.25, -0.2) is 15.0 Å². The third-order valence-electron chi connectivity index (χ3n) is 9.33. The van der Waals surface area contributed by atoms with Crippen LogP contribution in [0.15, 0.2) is 164 Å². The molecule has 10 aromatic rings. The molecule has 5 heteroatoms. The van der Waals surface area contributed by atoms with Crippen LogP contribution in [-0.4, -0.2) is 15.0 Å². The summed E-state index contributed by atoms with van der Waals surface area (Å²) in [7, 11) is 0. The summed E-state index contributed by atoms with van der Waals surface area (Å²) in [5.74, 6) is 2.00. The molecule has 0 unspecified atom stereocenters. The van der Waals surface area contributed by atoms with E-state index in [9.17, 15) is 0 Å². The molecule has 0 atom stereocenters. The lowest BCUT2D eigenvalue weighted by Gasteiger charge is -2.10. The lowest BCUT2D eigenvalue weighted by atomic mass is 9.95. The third kappa shape index (κ3) is 4.90. The molecule has 3 aromatic heterocycles. The van der Waals surface area contributed by atoms with Crippen LogP contribution in [0, 0.1) is 0 Å². The molecule has 0 spiro atoms. The van der Waals surface area contributed by atoms with Crippen molar-refractivity contribution in [1.29, 1.82) is 0 Å². The molecule has 0 aliphatic heterocycles. The normalized spacial score (nSPS) is 11.6. The van der Waals surface area contributed by atoms with Crippen LogP contribution >= 0.6 is 22.7 Å². The summed E-state index contributed by atoms with van der Waals surface area (Å²) in [5, 5.41) is 5.11. The highest BCUT2D eigenvalue weighted by Crippen LogP contribution is 2.46.